The van der Waals surface area contributed by atoms with Crippen LogP contribution in [0.3, 0.4) is 0 Å². The van der Waals surface area contributed by atoms with Gasteiger partial charge in [0.1, 0.15) is 11.8 Å². The summed E-state index contributed by atoms with van der Waals surface area (Å²) in [5.41, 5.74) is 4.36. The van der Waals surface area contributed by atoms with Crippen molar-refractivity contribution < 1.29 is 27.8 Å². The van der Waals surface area contributed by atoms with Gasteiger partial charge in [-0.25, -0.2) is 0 Å². The molecule has 7 heteroatoms. The molecule has 1 aromatic rings. The Bertz CT molecular complexity index is 431. The van der Waals surface area contributed by atoms with Gasteiger partial charge >= 0.3 is 12.1 Å². The van der Waals surface area contributed by atoms with Crippen molar-refractivity contribution in [1.29, 1.82) is 0 Å². The SMILES string of the molecule is COc1cc(C(N)C(=O)O)ccc1C(F)(F)F. The third kappa shape index (κ3) is 2.88. The van der Waals surface area contributed by atoms with E-state index in [4.69, 9.17) is 10.8 Å². The molecular weight excluding hydrogens is 239 g/mol. The highest BCUT2D eigenvalue weighted by Gasteiger charge is 2.34. The minimum absolute atomic E-state index is 0.0438. The van der Waals surface area contributed by atoms with Crippen LogP contribution in [-0.4, -0.2) is 18.2 Å². The van der Waals surface area contributed by atoms with Crippen LogP contribution in [0.25, 0.3) is 0 Å². The summed E-state index contributed by atoms with van der Waals surface area (Å²) in [5, 5.41) is 8.64. The molecule has 0 aliphatic heterocycles. The predicted octanol–water partition coefficient (Wildman–Crippen LogP) is 1.80. The Labute approximate surface area is 94.8 Å². The van der Waals surface area contributed by atoms with Crippen molar-refractivity contribution in [2.45, 2.75) is 12.2 Å². The van der Waals surface area contributed by atoms with E-state index >= 15 is 0 Å². The fourth-order valence-corrected chi connectivity index (χ4v) is 1.28. The molecule has 94 valence electrons. The molecule has 1 rings (SSSR count). The molecule has 0 saturated heterocycles. The van der Waals surface area contributed by atoms with Crippen LogP contribution in [0.2, 0.25) is 0 Å². The Morgan fingerprint density at radius 3 is 2.47 bits per heavy atom. The van der Waals surface area contributed by atoms with Crippen molar-refractivity contribution in [2.75, 3.05) is 7.11 Å². The highest BCUT2D eigenvalue weighted by atomic mass is 19.4. The van der Waals surface area contributed by atoms with Crippen LogP contribution in [0.4, 0.5) is 13.2 Å². The number of hydrogen-bond donors (Lipinski definition) is 2. The maximum absolute atomic E-state index is 12.5. The number of alkyl halides is 3. The van der Waals surface area contributed by atoms with Crippen LogP contribution < -0.4 is 10.5 Å². The second-order valence-electron chi connectivity index (χ2n) is 3.27. The Balaban J connectivity index is 3.22. The van der Waals surface area contributed by atoms with E-state index in [0.29, 0.717) is 0 Å². The number of rotatable bonds is 3. The number of ether oxygens (including phenoxy) is 1. The molecule has 0 aliphatic carbocycles. The molecule has 0 heterocycles. The van der Waals surface area contributed by atoms with Crippen LogP contribution >= 0.6 is 0 Å². The second kappa shape index (κ2) is 4.62. The van der Waals surface area contributed by atoms with Gasteiger partial charge in [-0.05, 0) is 17.7 Å². The number of aliphatic carboxylic acids is 1. The van der Waals surface area contributed by atoms with Gasteiger partial charge < -0.3 is 15.6 Å². The number of halogens is 3. The van der Waals surface area contributed by atoms with Crippen molar-refractivity contribution in [3.05, 3.63) is 29.3 Å². The molecular formula is C10H10F3NO3. The highest BCUT2D eigenvalue weighted by Crippen LogP contribution is 2.37. The molecule has 0 radical (unpaired) electrons. The number of benzene rings is 1. The van der Waals surface area contributed by atoms with E-state index in [1.54, 1.807) is 0 Å². The van der Waals surface area contributed by atoms with Gasteiger partial charge in [-0.1, -0.05) is 6.07 Å². The van der Waals surface area contributed by atoms with E-state index in [-0.39, 0.29) is 5.56 Å². The number of carboxylic acid groups (broad SMARTS) is 1. The molecule has 0 fully saturated rings. The lowest BCUT2D eigenvalue weighted by Crippen LogP contribution is -2.21. The first-order chi connectivity index (χ1) is 7.77. The molecule has 1 unspecified atom stereocenters. The number of methoxy groups -OCH3 is 1. The number of carbonyl (C=O) groups is 1. The number of nitrogens with two attached hydrogens (primary N) is 1. The van der Waals surface area contributed by atoms with Crippen LogP contribution in [-0.2, 0) is 11.0 Å². The summed E-state index contributed by atoms with van der Waals surface area (Å²) >= 11 is 0. The number of hydrogen-bond acceptors (Lipinski definition) is 3. The van der Waals surface area contributed by atoms with Gasteiger partial charge in [-0.3, -0.25) is 4.79 Å². The molecule has 3 N–H and O–H groups in total. The van der Waals surface area contributed by atoms with Crippen molar-refractivity contribution in [3.8, 4) is 5.75 Å². The minimum Gasteiger partial charge on any atom is -0.496 e. The quantitative estimate of drug-likeness (QED) is 0.856. The largest absolute Gasteiger partial charge is 0.496 e. The predicted molar refractivity (Wildman–Crippen MR) is 52.6 cm³/mol. The zero-order valence-electron chi connectivity index (χ0n) is 8.78. The molecule has 0 aromatic heterocycles. The van der Waals surface area contributed by atoms with Gasteiger partial charge in [0.15, 0.2) is 0 Å². The van der Waals surface area contributed by atoms with E-state index in [0.717, 1.165) is 25.3 Å². The number of carboxylic acids is 1. The lowest BCUT2D eigenvalue weighted by molar-refractivity contribution is -0.139. The fraction of sp³-hybridized carbons (Fsp3) is 0.300. The molecule has 0 spiro atoms. The Hall–Kier alpha value is -1.76. The van der Waals surface area contributed by atoms with Gasteiger partial charge in [0.2, 0.25) is 0 Å². The summed E-state index contributed by atoms with van der Waals surface area (Å²) in [6.45, 7) is 0. The maximum atomic E-state index is 12.5. The average molecular weight is 249 g/mol. The van der Waals surface area contributed by atoms with Crippen molar-refractivity contribution in [2.24, 2.45) is 5.73 Å². The zero-order chi connectivity index (χ0) is 13.2. The van der Waals surface area contributed by atoms with Gasteiger partial charge in [-0.2, -0.15) is 13.2 Å². The van der Waals surface area contributed by atoms with Crippen molar-refractivity contribution >= 4 is 5.97 Å². The van der Waals surface area contributed by atoms with E-state index in [2.05, 4.69) is 4.74 Å². The molecule has 0 aliphatic rings. The van der Waals surface area contributed by atoms with Crippen molar-refractivity contribution in [1.82, 2.24) is 0 Å². The lowest BCUT2D eigenvalue weighted by atomic mass is 10.0. The normalized spacial score (nSPS) is 13.2. The summed E-state index contributed by atoms with van der Waals surface area (Å²) in [4.78, 5) is 10.6. The molecule has 1 aromatic carbocycles. The second-order valence-corrected chi connectivity index (χ2v) is 3.27. The van der Waals surface area contributed by atoms with Crippen LogP contribution in [0, 0.1) is 0 Å². The lowest BCUT2D eigenvalue weighted by Gasteiger charge is -2.14. The van der Waals surface area contributed by atoms with Gasteiger partial charge in [0.05, 0.1) is 12.7 Å². The standard InChI is InChI=1S/C10H10F3NO3/c1-17-7-4-5(8(14)9(15)16)2-3-6(7)10(11,12)13/h2-4,8H,14H2,1H3,(H,15,16). The Morgan fingerprint density at radius 1 is 1.47 bits per heavy atom. The van der Waals surface area contributed by atoms with Crippen LogP contribution in [0.1, 0.15) is 17.2 Å². The Kier molecular flexibility index (Phi) is 3.62. The van der Waals surface area contributed by atoms with E-state index in [1.807, 2.05) is 0 Å². The zero-order valence-corrected chi connectivity index (χ0v) is 8.78. The topological polar surface area (TPSA) is 72.5 Å². The fourth-order valence-electron chi connectivity index (χ4n) is 1.28. The maximum Gasteiger partial charge on any atom is 0.419 e. The van der Waals surface area contributed by atoms with Gasteiger partial charge in [-0.15, -0.1) is 0 Å². The molecule has 4 nitrogen and oxygen atoms in total. The highest BCUT2D eigenvalue weighted by molar-refractivity contribution is 5.75. The molecule has 17 heavy (non-hydrogen) atoms. The first-order valence-electron chi connectivity index (χ1n) is 4.51. The summed E-state index contributed by atoms with van der Waals surface area (Å²) in [7, 11) is 1.07. The monoisotopic (exact) mass is 249 g/mol. The van der Waals surface area contributed by atoms with E-state index in [9.17, 15) is 18.0 Å². The third-order valence-electron chi connectivity index (χ3n) is 2.16. The van der Waals surface area contributed by atoms with Crippen LogP contribution in [0.15, 0.2) is 18.2 Å². The van der Waals surface area contributed by atoms with Gasteiger partial charge in [0, 0.05) is 0 Å². The first-order valence-corrected chi connectivity index (χ1v) is 4.51. The molecule has 1 atom stereocenters. The summed E-state index contributed by atoms with van der Waals surface area (Å²) in [5.74, 6) is -1.78. The molecule has 0 saturated carbocycles. The van der Waals surface area contributed by atoms with E-state index in [1.165, 1.54) is 0 Å². The van der Waals surface area contributed by atoms with Gasteiger partial charge in [0.25, 0.3) is 0 Å². The van der Waals surface area contributed by atoms with E-state index < -0.39 is 29.5 Å². The average Bonchev–Trinajstić information content (AvgIpc) is 2.25. The molecule has 0 amide bonds. The summed E-state index contributed by atoms with van der Waals surface area (Å²) in [6, 6.07) is 1.36. The third-order valence-corrected chi connectivity index (χ3v) is 2.16. The van der Waals surface area contributed by atoms with Crippen molar-refractivity contribution in [3.63, 3.8) is 0 Å². The Morgan fingerprint density at radius 2 is 2.06 bits per heavy atom. The van der Waals surface area contributed by atoms with Crippen LogP contribution in [0.5, 0.6) is 5.75 Å². The smallest absolute Gasteiger partial charge is 0.419 e. The summed E-state index contributed by atoms with van der Waals surface area (Å²) < 4.78 is 42.1. The minimum atomic E-state index is -4.56. The molecule has 0 bridgehead atoms. The first kappa shape index (κ1) is 13.3. The summed E-state index contributed by atoms with van der Waals surface area (Å²) in [6.07, 6.45) is -4.56.